The van der Waals surface area contributed by atoms with Gasteiger partial charge in [0.25, 0.3) is 0 Å². The lowest BCUT2D eigenvalue weighted by atomic mass is 9.93. The summed E-state index contributed by atoms with van der Waals surface area (Å²) >= 11 is 0. The number of rotatable bonds is 7. The van der Waals surface area contributed by atoms with Gasteiger partial charge < -0.3 is 9.80 Å². The molecule has 44 heavy (non-hydrogen) atoms. The Kier molecular flexibility index (Phi) is 14.3. The molecule has 10 nitrogen and oxygen atoms in total. The second-order valence-electron chi connectivity index (χ2n) is 12.1. The second kappa shape index (κ2) is 17.4. The number of fused-ring (bicyclic) bond motifs is 2. The van der Waals surface area contributed by atoms with Gasteiger partial charge in [-0.05, 0) is 69.0 Å². The molecule has 5 rings (SSSR count). The highest BCUT2D eigenvalue weighted by molar-refractivity contribution is 7.84. The van der Waals surface area contributed by atoms with Crippen LogP contribution in [0.5, 0.6) is 0 Å². The van der Waals surface area contributed by atoms with Crippen LogP contribution in [-0.2, 0) is 27.2 Å². The zero-order chi connectivity index (χ0) is 32.2. The van der Waals surface area contributed by atoms with Crippen LogP contribution in [0.25, 0.3) is 5.57 Å². The van der Waals surface area contributed by atoms with Crippen LogP contribution in [0.1, 0.15) is 87.3 Å². The Morgan fingerprint density at radius 3 is 1.75 bits per heavy atom. The maximum Gasteiger partial charge on any atom is 0.333 e. The number of hydrogen-bond acceptors (Lipinski definition) is 6. The zero-order valence-corrected chi connectivity index (χ0v) is 27.9. The summed E-state index contributed by atoms with van der Waals surface area (Å²) in [7, 11) is -1.52. The summed E-state index contributed by atoms with van der Waals surface area (Å²) in [6, 6.07) is 17.4. The number of nitrogens with one attached hydrogen (secondary N) is 2. The van der Waals surface area contributed by atoms with E-state index in [9.17, 15) is 16.8 Å². The first kappa shape index (κ1) is 36.2. The molecule has 1 heterocycles. The highest BCUT2D eigenvalue weighted by Crippen LogP contribution is 2.37. The van der Waals surface area contributed by atoms with Crippen molar-refractivity contribution >= 4 is 31.9 Å². The fourth-order valence-electron chi connectivity index (χ4n) is 5.99. The van der Waals surface area contributed by atoms with Crippen molar-refractivity contribution in [2.24, 2.45) is 0 Å². The summed E-state index contributed by atoms with van der Waals surface area (Å²) in [5.41, 5.74) is 6.80. The van der Waals surface area contributed by atoms with E-state index < -0.39 is 20.6 Å². The van der Waals surface area contributed by atoms with Crippen LogP contribution >= 0.6 is 0 Å². The molecule has 0 bridgehead atoms. The molecule has 12 heteroatoms. The fraction of sp³-hybridized carbons (Fsp3) is 0.562. The topological polar surface area (TPSA) is 139 Å². The Morgan fingerprint density at radius 1 is 0.773 bits per heavy atom. The molecule has 4 N–H and O–H groups in total. The van der Waals surface area contributed by atoms with Gasteiger partial charge in [-0.15, -0.1) is 0 Å². The van der Waals surface area contributed by atoms with Gasteiger partial charge in [-0.25, -0.2) is 0 Å². The number of hydrogen-bond donors (Lipinski definition) is 4. The quantitative estimate of drug-likeness (QED) is 0.291. The van der Waals surface area contributed by atoms with Gasteiger partial charge in [0.2, 0.25) is 0 Å². The SMILES string of the molecule is CN(C)CC/C=C1/c2ccccc2CN(C)c2ccccc21.O=S(=O)(O)NC1CCCCC1.O=S(=O)(O)NC1CCCCC1. The largest absolute Gasteiger partial charge is 0.370 e. The van der Waals surface area contributed by atoms with E-state index in [0.717, 1.165) is 70.9 Å². The summed E-state index contributed by atoms with van der Waals surface area (Å²) in [4.78, 5) is 4.58. The third kappa shape index (κ3) is 13.0. The predicted molar refractivity (Wildman–Crippen MR) is 178 cm³/mol. The van der Waals surface area contributed by atoms with E-state index in [1.54, 1.807) is 0 Å². The minimum absolute atomic E-state index is 0.0428. The highest BCUT2D eigenvalue weighted by atomic mass is 32.2. The van der Waals surface area contributed by atoms with Crippen LogP contribution in [0.4, 0.5) is 5.69 Å². The van der Waals surface area contributed by atoms with Crippen molar-refractivity contribution in [1.82, 2.24) is 14.3 Å². The third-order valence-electron chi connectivity index (χ3n) is 8.09. The molecule has 2 aromatic carbocycles. The number of anilines is 1. The maximum atomic E-state index is 10.3. The third-order valence-corrected chi connectivity index (χ3v) is 9.35. The average molecular weight is 651 g/mol. The summed E-state index contributed by atoms with van der Waals surface area (Å²) in [5, 5.41) is 0. The Bertz CT molecular complexity index is 1370. The molecule has 0 atom stereocenters. The molecule has 2 aliphatic carbocycles. The Labute approximate surface area is 264 Å². The highest BCUT2D eigenvalue weighted by Gasteiger charge is 2.20. The number of para-hydroxylation sites is 1. The first-order chi connectivity index (χ1) is 20.8. The molecule has 0 unspecified atom stereocenters. The molecule has 246 valence electrons. The van der Waals surface area contributed by atoms with Crippen molar-refractivity contribution in [2.75, 3.05) is 32.6 Å². The lowest BCUT2D eigenvalue weighted by Gasteiger charge is -2.20. The van der Waals surface area contributed by atoms with Gasteiger partial charge in [-0.3, -0.25) is 9.11 Å². The normalized spacial score (nSPS) is 18.8. The van der Waals surface area contributed by atoms with Crippen LogP contribution in [0, 0.1) is 0 Å². The van der Waals surface area contributed by atoms with E-state index in [-0.39, 0.29) is 12.1 Å². The molecule has 1 aliphatic heterocycles. The van der Waals surface area contributed by atoms with Crippen molar-refractivity contribution < 1.29 is 25.9 Å². The summed E-state index contributed by atoms with van der Waals surface area (Å²) in [5.74, 6) is 0. The van der Waals surface area contributed by atoms with E-state index in [0.29, 0.717) is 0 Å². The second-order valence-corrected chi connectivity index (χ2v) is 14.5. The summed E-state index contributed by atoms with van der Waals surface area (Å²) in [6.07, 6.45) is 13.4. The molecule has 2 saturated carbocycles. The van der Waals surface area contributed by atoms with E-state index in [4.69, 9.17) is 9.11 Å². The van der Waals surface area contributed by atoms with Crippen LogP contribution < -0.4 is 14.3 Å². The molecular weight excluding hydrogens is 601 g/mol. The number of benzene rings is 2. The van der Waals surface area contributed by atoms with Gasteiger partial charge in [0, 0.05) is 43.5 Å². The standard InChI is InChI=1S/C20H24N2.2C6H13NO3S/c1-21(2)14-8-12-18-17-10-5-4-9-16(17)15-22(3)20-13-7-6-11-19(18)20;2*8-11(9,10)7-6-4-2-1-3-5-6/h4-7,9-13H,8,14-15H2,1-3H3;2*6-7H,1-5H2,(H,8,9,10)/b18-12-;;. The molecule has 2 fully saturated rings. The predicted octanol–water partition coefficient (Wildman–Crippen LogP) is 5.44. The molecule has 0 spiro atoms. The van der Waals surface area contributed by atoms with E-state index in [1.807, 2.05) is 0 Å². The average Bonchev–Trinajstić information content (AvgIpc) is 3.07. The van der Waals surface area contributed by atoms with Crippen LogP contribution in [0.15, 0.2) is 54.6 Å². The Hall–Kier alpha value is -2.32. The minimum atomic E-state index is -3.97. The first-order valence-electron chi connectivity index (χ1n) is 15.6. The fourth-order valence-corrected chi connectivity index (χ4v) is 7.30. The molecule has 3 aliphatic rings. The van der Waals surface area contributed by atoms with Crippen molar-refractivity contribution in [3.05, 3.63) is 71.3 Å². The van der Waals surface area contributed by atoms with Gasteiger partial charge in [0.1, 0.15) is 0 Å². The van der Waals surface area contributed by atoms with Gasteiger partial charge in [0.15, 0.2) is 0 Å². The first-order valence-corrected chi connectivity index (χ1v) is 18.4. The maximum absolute atomic E-state index is 10.3. The minimum Gasteiger partial charge on any atom is -0.370 e. The van der Waals surface area contributed by atoms with Gasteiger partial charge >= 0.3 is 20.6 Å². The molecule has 0 aromatic heterocycles. The van der Waals surface area contributed by atoms with Crippen LogP contribution in [0.2, 0.25) is 0 Å². The molecule has 0 saturated heterocycles. The Morgan fingerprint density at radius 2 is 1.25 bits per heavy atom. The monoisotopic (exact) mass is 650 g/mol. The van der Waals surface area contributed by atoms with Gasteiger partial charge in [-0.1, -0.05) is 87.1 Å². The Balaban J connectivity index is 0.000000202. The van der Waals surface area contributed by atoms with E-state index in [1.165, 1.54) is 40.8 Å². The van der Waals surface area contributed by atoms with Crippen molar-refractivity contribution in [3.63, 3.8) is 0 Å². The van der Waals surface area contributed by atoms with E-state index >= 15 is 0 Å². The zero-order valence-electron chi connectivity index (χ0n) is 26.3. The van der Waals surface area contributed by atoms with Crippen molar-refractivity contribution in [1.29, 1.82) is 0 Å². The smallest absolute Gasteiger partial charge is 0.333 e. The van der Waals surface area contributed by atoms with Crippen molar-refractivity contribution in [2.45, 2.75) is 89.3 Å². The molecule has 0 radical (unpaired) electrons. The van der Waals surface area contributed by atoms with Crippen LogP contribution in [0.3, 0.4) is 0 Å². The van der Waals surface area contributed by atoms with E-state index in [2.05, 4.69) is 95.0 Å². The van der Waals surface area contributed by atoms with Gasteiger partial charge in [0.05, 0.1) is 0 Å². The van der Waals surface area contributed by atoms with Crippen LogP contribution in [-0.4, -0.2) is 70.6 Å². The molecule has 2 aromatic rings. The summed E-state index contributed by atoms with van der Waals surface area (Å²) < 4.78 is 62.6. The summed E-state index contributed by atoms with van der Waals surface area (Å²) in [6.45, 7) is 2.03. The number of nitrogens with zero attached hydrogens (tertiary/aromatic N) is 2. The lowest BCUT2D eigenvalue weighted by molar-refractivity contribution is 0.388. The van der Waals surface area contributed by atoms with Crippen molar-refractivity contribution in [3.8, 4) is 0 Å². The molecule has 0 amide bonds. The lowest BCUT2D eigenvalue weighted by Crippen LogP contribution is -2.35. The van der Waals surface area contributed by atoms with Gasteiger partial charge in [-0.2, -0.15) is 26.3 Å². The molecular formula is C32H50N4O6S2.